The Morgan fingerprint density at radius 3 is 3.00 bits per heavy atom. The molecule has 0 fully saturated rings. The maximum atomic E-state index is 11.1. The highest BCUT2D eigenvalue weighted by atomic mass is 35.5. The van der Waals surface area contributed by atoms with E-state index in [2.05, 4.69) is 10.6 Å². The average Bonchev–Trinajstić information content (AvgIpc) is 2.26. The van der Waals surface area contributed by atoms with Gasteiger partial charge in [-0.3, -0.25) is 4.79 Å². The maximum absolute atomic E-state index is 11.1. The predicted octanol–water partition coefficient (Wildman–Crippen LogP) is 1.07. The van der Waals surface area contributed by atoms with Gasteiger partial charge >= 0.3 is 0 Å². The lowest BCUT2D eigenvalue weighted by atomic mass is 10.2. The monoisotopic (exact) mass is 237 g/mol. The van der Waals surface area contributed by atoms with Gasteiger partial charge in [0.25, 0.3) is 0 Å². The van der Waals surface area contributed by atoms with Crippen molar-refractivity contribution in [3.8, 4) is 6.07 Å². The van der Waals surface area contributed by atoms with Gasteiger partial charge in [0.15, 0.2) is 0 Å². The van der Waals surface area contributed by atoms with Gasteiger partial charge in [-0.15, -0.1) is 0 Å². The zero-order valence-electron chi connectivity index (χ0n) is 8.66. The van der Waals surface area contributed by atoms with E-state index in [-0.39, 0.29) is 19.0 Å². The lowest BCUT2D eigenvalue weighted by molar-refractivity contribution is -0.120. The van der Waals surface area contributed by atoms with Gasteiger partial charge in [0.05, 0.1) is 12.6 Å². The molecule has 1 amide bonds. The first-order valence-corrected chi connectivity index (χ1v) is 5.19. The van der Waals surface area contributed by atoms with Gasteiger partial charge in [0.1, 0.15) is 6.54 Å². The van der Waals surface area contributed by atoms with Crippen LogP contribution in [0.4, 0.5) is 0 Å². The summed E-state index contributed by atoms with van der Waals surface area (Å²) in [5.41, 5.74) is 1.01. The fourth-order valence-corrected chi connectivity index (χ4v) is 1.38. The largest absolute Gasteiger partial charge is 0.342 e. The van der Waals surface area contributed by atoms with Gasteiger partial charge in [-0.25, -0.2) is 0 Å². The minimum absolute atomic E-state index is 0.0394. The van der Waals surface area contributed by atoms with E-state index >= 15 is 0 Å². The summed E-state index contributed by atoms with van der Waals surface area (Å²) in [6.07, 6.45) is 0. The van der Waals surface area contributed by atoms with E-state index in [1.165, 1.54) is 0 Å². The third-order valence-electron chi connectivity index (χ3n) is 1.87. The average molecular weight is 238 g/mol. The molecule has 0 aromatic heterocycles. The van der Waals surface area contributed by atoms with E-state index in [1.54, 1.807) is 6.07 Å². The third kappa shape index (κ3) is 4.78. The molecule has 0 radical (unpaired) electrons. The molecule has 0 saturated heterocycles. The second-order valence-electron chi connectivity index (χ2n) is 3.17. The number of halogens is 1. The molecule has 2 N–H and O–H groups in total. The molecule has 5 heteroatoms. The summed E-state index contributed by atoms with van der Waals surface area (Å²) in [6, 6.07) is 9.25. The molecular weight excluding hydrogens is 226 g/mol. The van der Waals surface area contributed by atoms with Gasteiger partial charge in [-0.1, -0.05) is 23.7 Å². The Hall–Kier alpha value is -1.57. The van der Waals surface area contributed by atoms with Gasteiger partial charge in [0, 0.05) is 11.6 Å². The summed E-state index contributed by atoms with van der Waals surface area (Å²) in [5, 5.41) is 14.3. The van der Waals surface area contributed by atoms with E-state index in [0.717, 1.165) is 5.56 Å². The van der Waals surface area contributed by atoms with Crippen LogP contribution in [0.2, 0.25) is 5.02 Å². The molecule has 0 bridgehead atoms. The Labute approximate surface area is 99.2 Å². The minimum Gasteiger partial charge on any atom is -0.342 e. The van der Waals surface area contributed by atoms with Crippen LogP contribution < -0.4 is 10.6 Å². The molecule has 1 rings (SSSR count). The maximum Gasteiger partial charge on any atom is 0.234 e. The number of nitrogens with zero attached hydrogens (tertiary/aromatic N) is 1. The van der Waals surface area contributed by atoms with E-state index in [9.17, 15) is 4.79 Å². The van der Waals surface area contributed by atoms with Gasteiger partial charge < -0.3 is 10.6 Å². The number of benzene rings is 1. The quantitative estimate of drug-likeness (QED) is 0.753. The van der Waals surface area contributed by atoms with Crippen molar-refractivity contribution in [1.29, 1.82) is 5.26 Å². The summed E-state index contributed by atoms with van der Waals surface area (Å²) in [7, 11) is 0. The predicted molar refractivity (Wildman–Crippen MR) is 61.8 cm³/mol. The van der Waals surface area contributed by atoms with Gasteiger partial charge in [0.2, 0.25) is 5.91 Å². The Morgan fingerprint density at radius 1 is 1.50 bits per heavy atom. The number of carbonyl (C=O) groups is 1. The van der Waals surface area contributed by atoms with Crippen molar-refractivity contribution in [3.63, 3.8) is 0 Å². The van der Waals surface area contributed by atoms with E-state index in [1.807, 2.05) is 24.3 Å². The van der Waals surface area contributed by atoms with Crippen LogP contribution in [-0.2, 0) is 11.3 Å². The van der Waals surface area contributed by atoms with Crippen LogP contribution in [0.5, 0.6) is 0 Å². The molecule has 16 heavy (non-hydrogen) atoms. The molecule has 0 saturated carbocycles. The van der Waals surface area contributed by atoms with Crippen molar-refractivity contribution in [2.45, 2.75) is 6.54 Å². The van der Waals surface area contributed by atoms with E-state index < -0.39 is 0 Å². The summed E-state index contributed by atoms with van der Waals surface area (Å²) >= 11 is 5.81. The van der Waals surface area contributed by atoms with Crippen LogP contribution in [-0.4, -0.2) is 19.0 Å². The molecule has 0 aliphatic heterocycles. The Morgan fingerprint density at radius 2 is 2.31 bits per heavy atom. The van der Waals surface area contributed by atoms with Crippen molar-refractivity contribution in [2.24, 2.45) is 0 Å². The molecule has 4 nitrogen and oxygen atoms in total. The molecule has 0 aliphatic rings. The van der Waals surface area contributed by atoms with Crippen molar-refractivity contribution >= 4 is 17.5 Å². The molecule has 0 heterocycles. The summed E-state index contributed by atoms with van der Waals surface area (Å²) in [5.74, 6) is -0.191. The molecule has 0 unspecified atom stereocenters. The molecule has 0 aliphatic carbocycles. The van der Waals surface area contributed by atoms with Crippen LogP contribution in [0.3, 0.4) is 0 Å². The smallest absolute Gasteiger partial charge is 0.234 e. The number of nitrogens with one attached hydrogen (secondary N) is 2. The second kappa shape index (κ2) is 6.83. The Kier molecular flexibility index (Phi) is 5.34. The zero-order valence-corrected chi connectivity index (χ0v) is 9.42. The molecule has 1 aromatic rings. The first kappa shape index (κ1) is 12.5. The highest BCUT2D eigenvalue weighted by Gasteiger charge is 1.99. The fourth-order valence-electron chi connectivity index (χ4n) is 1.17. The topological polar surface area (TPSA) is 64.9 Å². The number of rotatable bonds is 5. The van der Waals surface area contributed by atoms with Crippen molar-refractivity contribution in [3.05, 3.63) is 34.9 Å². The minimum atomic E-state index is -0.191. The number of carbonyl (C=O) groups excluding carboxylic acids is 1. The fraction of sp³-hybridized carbons (Fsp3) is 0.273. The van der Waals surface area contributed by atoms with Crippen LogP contribution in [0.1, 0.15) is 5.56 Å². The van der Waals surface area contributed by atoms with E-state index in [0.29, 0.717) is 11.6 Å². The summed E-state index contributed by atoms with van der Waals surface area (Å²) in [6.45, 7) is 0.798. The highest BCUT2D eigenvalue weighted by molar-refractivity contribution is 6.30. The van der Waals surface area contributed by atoms with Gasteiger partial charge in [-0.05, 0) is 17.7 Å². The number of amides is 1. The Balaban J connectivity index is 2.26. The third-order valence-corrected chi connectivity index (χ3v) is 2.10. The first-order valence-electron chi connectivity index (χ1n) is 4.81. The second-order valence-corrected chi connectivity index (χ2v) is 3.60. The first-order chi connectivity index (χ1) is 7.72. The molecule has 0 spiro atoms. The SMILES string of the molecule is N#CCNC(=O)CNCc1cccc(Cl)c1. The van der Waals surface area contributed by atoms with Gasteiger partial charge in [-0.2, -0.15) is 5.26 Å². The summed E-state index contributed by atoms with van der Waals surface area (Å²) in [4.78, 5) is 11.1. The van der Waals surface area contributed by atoms with Crippen LogP contribution in [0.25, 0.3) is 0 Å². The lowest BCUT2D eigenvalue weighted by Gasteiger charge is -2.04. The van der Waals surface area contributed by atoms with Crippen LogP contribution in [0.15, 0.2) is 24.3 Å². The van der Waals surface area contributed by atoms with Crippen molar-refractivity contribution < 1.29 is 4.79 Å². The normalized spacial score (nSPS) is 9.50. The number of nitriles is 1. The molecule has 1 aromatic carbocycles. The van der Waals surface area contributed by atoms with E-state index in [4.69, 9.17) is 16.9 Å². The molecule has 84 valence electrons. The summed E-state index contributed by atoms with van der Waals surface area (Å²) < 4.78 is 0. The van der Waals surface area contributed by atoms with Crippen molar-refractivity contribution in [2.75, 3.05) is 13.1 Å². The van der Waals surface area contributed by atoms with Crippen LogP contribution in [0, 0.1) is 11.3 Å². The number of hydrogen-bond acceptors (Lipinski definition) is 3. The highest BCUT2D eigenvalue weighted by Crippen LogP contribution is 2.09. The molecule has 0 atom stereocenters. The Bertz CT molecular complexity index is 400. The number of hydrogen-bond donors (Lipinski definition) is 2. The van der Waals surface area contributed by atoms with Crippen LogP contribution >= 0.6 is 11.6 Å². The lowest BCUT2D eigenvalue weighted by Crippen LogP contribution is -2.33. The zero-order chi connectivity index (χ0) is 11.8. The standard InChI is InChI=1S/C11H12ClN3O/c12-10-3-1-2-9(6-10)7-14-8-11(16)15-5-4-13/h1-3,6,14H,5,7-8H2,(H,15,16). The molecular formula is C11H12ClN3O. The van der Waals surface area contributed by atoms with Crippen molar-refractivity contribution in [1.82, 2.24) is 10.6 Å².